The summed E-state index contributed by atoms with van der Waals surface area (Å²) >= 11 is 0. The topological polar surface area (TPSA) is 72.8 Å². The number of carbonyl (C=O) groups is 2. The summed E-state index contributed by atoms with van der Waals surface area (Å²) in [5.41, 5.74) is 1.82. The van der Waals surface area contributed by atoms with Gasteiger partial charge in [-0.15, -0.1) is 0 Å². The summed E-state index contributed by atoms with van der Waals surface area (Å²) in [7, 11) is 0. The van der Waals surface area contributed by atoms with E-state index in [9.17, 15) is 14.7 Å². The fourth-order valence-corrected chi connectivity index (χ4v) is 5.42. The number of ketones is 2. The second-order valence-corrected chi connectivity index (χ2v) is 10.7. The molecule has 0 spiro atoms. The number of carbonyl (C=O) groups excluding carboxylic acids is 2. The summed E-state index contributed by atoms with van der Waals surface area (Å²) in [6, 6.07) is 3.94. The standard InChI is InChI=1S/C31H46O5/c1-3-4-5-10-26(33)18-16-24-21-29(31(34)30(22-24)36-28-13-8-9-14-28)25(17-15-23(2)32)19-20-35-27-11-6-7-12-27/h5,10,21-22,25,27-28,34H,3-4,6-9,11-20H2,1-2H3/t25-/m0/s1. The van der Waals surface area contributed by atoms with Gasteiger partial charge in [0.05, 0.1) is 12.2 Å². The second kappa shape index (κ2) is 15.2. The van der Waals surface area contributed by atoms with Crippen LogP contribution in [-0.4, -0.2) is 35.5 Å². The Kier molecular flexibility index (Phi) is 12.0. The molecule has 200 valence electrons. The summed E-state index contributed by atoms with van der Waals surface area (Å²) in [4.78, 5) is 24.2. The van der Waals surface area contributed by atoms with Gasteiger partial charge in [-0.1, -0.05) is 38.3 Å². The van der Waals surface area contributed by atoms with Gasteiger partial charge in [-0.05, 0) is 94.8 Å². The highest BCUT2D eigenvalue weighted by Crippen LogP contribution is 2.41. The fourth-order valence-electron chi connectivity index (χ4n) is 5.42. The lowest BCUT2D eigenvalue weighted by molar-refractivity contribution is -0.117. The zero-order valence-electron chi connectivity index (χ0n) is 22.4. The van der Waals surface area contributed by atoms with Crippen molar-refractivity contribution in [3.05, 3.63) is 35.4 Å². The predicted octanol–water partition coefficient (Wildman–Crippen LogP) is 7.37. The third-order valence-electron chi connectivity index (χ3n) is 7.59. The van der Waals surface area contributed by atoms with Crippen molar-refractivity contribution in [3.63, 3.8) is 0 Å². The average Bonchev–Trinajstić information content (AvgIpc) is 3.56. The molecule has 5 nitrogen and oxygen atoms in total. The summed E-state index contributed by atoms with van der Waals surface area (Å²) in [6.45, 7) is 4.34. The normalized spacial score (nSPS) is 17.7. The molecule has 1 aromatic rings. The van der Waals surface area contributed by atoms with Crippen LogP contribution >= 0.6 is 0 Å². The molecule has 5 heteroatoms. The number of benzene rings is 1. The number of Topliss-reactive ketones (excluding diaryl/α,β-unsaturated/α-hetero) is 1. The van der Waals surface area contributed by atoms with E-state index in [1.807, 2.05) is 18.2 Å². The van der Waals surface area contributed by atoms with Crippen LogP contribution in [0.25, 0.3) is 0 Å². The predicted molar refractivity (Wildman–Crippen MR) is 144 cm³/mol. The number of aryl methyl sites for hydroxylation is 1. The third-order valence-corrected chi connectivity index (χ3v) is 7.59. The minimum absolute atomic E-state index is 0.00123. The van der Waals surface area contributed by atoms with Crippen LogP contribution in [0.15, 0.2) is 24.3 Å². The number of hydrogen-bond acceptors (Lipinski definition) is 5. The average molecular weight is 499 g/mol. The van der Waals surface area contributed by atoms with E-state index >= 15 is 0 Å². The van der Waals surface area contributed by atoms with Gasteiger partial charge in [0.15, 0.2) is 17.3 Å². The van der Waals surface area contributed by atoms with E-state index in [0.29, 0.717) is 44.1 Å². The van der Waals surface area contributed by atoms with Crippen molar-refractivity contribution >= 4 is 11.6 Å². The molecule has 3 rings (SSSR count). The first kappa shape index (κ1) is 28.4. The number of phenols is 1. The maximum absolute atomic E-state index is 12.4. The molecule has 0 amide bonds. The summed E-state index contributed by atoms with van der Waals surface area (Å²) in [6.07, 6.45) is 18.0. The van der Waals surface area contributed by atoms with Crippen LogP contribution in [0.4, 0.5) is 0 Å². The molecular formula is C31H46O5. The molecule has 2 saturated carbocycles. The summed E-state index contributed by atoms with van der Waals surface area (Å²) < 4.78 is 12.4. The van der Waals surface area contributed by atoms with Crippen LogP contribution in [0.1, 0.15) is 121 Å². The first-order chi connectivity index (χ1) is 17.5. The number of unbranched alkanes of at least 4 members (excludes halogenated alkanes) is 1. The van der Waals surface area contributed by atoms with Crippen molar-refractivity contribution in [2.75, 3.05) is 6.61 Å². The molecule has 0 radical (unpaired) electrons. The number of ether oxygens (including phenoxy) is 2. The quantitative estimate of drug-likeness (QED) is 0.241. The van der Waals surface area contributed by atoms with E-state index in [0.717, 1.165) is 68.9 Å². The molecule has 0 unspecified atom stereocenters. The zero-order valence-corrected chi connectivity index (χ0v) is 22.4. The van der Waals surface area contributed by atoms with Crippen LogP contribution in [-0.2, 0) is 20.7 Å². The third kappa shape index (κ3) is 9.38. The number of allylic oxidation sites excluding steroid dienone is 2. The number of hydrogen-bond donors (Lipinski definition) is 1. The maximum atomic E-state index is 12.4. The molecule has 0 aliphatic heterocycles. The second-order valence-electron chi connectivity index (χ2n) is 10.7. The van der Waals surface area contributed by atoms with Crippen LogP contribution in [0.3, 0.4) is 0 Å². The van der Waals surface area contributed by atoms with Gasteiger partial charge in [0.1, 0.15) is 5.78 Å². The Labute approximate surface area is 217 Å². The first-order valence-corrected chi connectivity index (χ1v) is 14.3. The first-order valence-electron chi connectivity index (χ1n) is 14.3. The van der Waals surface area contributed by atoms with Gasteiger partial charge in [-0.25, -0.2) is 0 Å². The largest absolute Gasteiger partial charge is 0.504 e. The van der Waals surface area contributed by atoms with Gasteiger partial charge in [0.25, 0.3) is 0 Å². The lowest BCUT2D eigenvalue weighted by atomic mass is 9.88. The lowest BCUT2D eigenvalue weighted by Crippen LogP contribution is -2.14. The van der Waals surface area contributed by atoms with Gasteiger partial charge >= 0.3 is 0 Å². The number of phenolic OH excluding ortho intramolecular Hbond substituents is 1. The van der Waals surface area contributed by atoms with Crippen LogP contribution in [0.2, 0.25) is 0 Å². The molecule has 0 aromatic heterocycles. The molecule has 1 atom stereocenters. The molecule has 2 fully saturated rings. The Bertz CT molecular complexity index is 862. The zero-order chi connectivity index (χ0) is 25.8. The SMILES string of the molecule is CCCC=CC(=O)CCc1cc(OC2CCCC2)c(O)c([C@H](CCOC2CCCC2)CCC(C)=O)c1. The highest BCUT2D eigenvalue weighted by atomic mass is 16.5. The monoisotopic (exact) mass is 498 g/mol. The molecule has 2 aliphatic rings. The summed E-state index contributed by atoms with van der Waals surface area (Å²) in [5, 5.41) is 11.3. The van der Waals surface area contributed by atoms with E-state index in [1.54, 1.807) is 13.0 Å². The molecule has 1 aromatic carbocycles. The Hall–Kier alpha value is -2.14. The van der Waals surface area contributed by atoms with Gasteiger partial charge in [0, 0.05) is 25.0 Å². The van der Waals surface area contributed by atoms with Gasteiger partial charge in [-0.2, -0.15) is 0 Å². The highest BCUT2D eigenvalue weighted by Gasteiger charge is 2.24. The molecular weight excluding hydrogens is 452 g/mol. The Balaban J connectivity index is 1.79. The molecule has 0 heterocycles. The van der Waals surface area contributed by atoms with Gasteiger partial charge in [-0.3, -0.25) is 4.79 Å². The van der Waals surface area contributed by atoms with Crippen molar-refractivity contribution in [1.29, 1.82) is 0 Å². The Morgan fingerprint density at radius 1 is 1.03 bits per heavy atom. The molecule has 36 heavy (non-hydrogen) atoms. The van der Waals surface area contributed by atoms with Crippen molar-refractivity contribution < 1.29 is 24.2 Å². The Morgan fingerprint density at radius 3 is 2.39 bits per heavy atom. The molecule has 1 N–H and O–H groups in total. The minimum atomic E-state index is 0.00123. The van der Waals surface area contributed by atoms with Crippen molar-refractivity contribution in [1.82, 2.24) is 0 Å². The van der Waals surface area contributed by atoms with E-state index in [4.69, 9.17) is 9.47 Å². The van der Waals surface area contributed by atoms with Crippen LogP contribution in [0.5, 0.6) is 11.5 Å². The van der Waals surface area contributed by atoms with E-state index in [2.05, 4.69) is 6.92 Å². The molecule has 0 saturated heterocycles. The fraction of sp³-hybridized carbons (Fsp3) is 0.677. The lowest BCUT2D eigenvalue weighted by Gasteiger charge is -2.23. The van der Waals surface area contributed by atoms with Gasteiger partial charge in [0.2, 0.25) is 0 Å². The van der Waals surface area contributed by atoms with Gasteiger partial charge < -0.3 is 19.4 Å². The Morgan fingerprint density at radius 2 is 1.72 bits per heavy atom. The maximum Gasteiger partial charge on any atom is 0.161 e. The van der Waals surface area contributed by atoms with Crippen molar-refractivity contribution in [2.45, 2.75) is 128 Å². The molecule has 0 bridgehead atoms. The van der Waals surface area contributed by atoms with Crippen molar-refractivity contribution in [2.24, 2.45) is 0 Å². The van der Waals surface area contributed by atoms with Crippen LogP contribution in [0, 0.1) is 0 Å². The van der Waals surface area contributed by atoms with Crippen molar-refractivity contribution in [3.8, 4) is 11.5 Å². The summed E-state index contributed by atoms with van der Waals surface area (Å²) in [5.74, 6) is 0.983. The smallest absolute Gasteiger partial charge is 0.161 e. The number of rotatable bonds is 16. The number of aromatic hydroxyl groups is 1. The van der Waals surface area contributed by atoms with E-state index in [-0.39, 0.29) is 29.3 Å². The molecule has 2 aliphatic carbocycles. The minimum Gasteiger partial charge on any atom is -0.504 e. The highest BCUT2D eigenvalue weighted by molar-refractivity contribution is 5.89. The van der Waals surface area contributed by atoms with Crippen LogP contribution < -0.4 is 4.74 Å². The van der Waals surface area contributed by atoms with E-state index < -0.39 is 0 Å². The van der Waals surface area contributed by atoms with E-state index in [1.165, 1.54) is 12.8 Å².